The second-order valence-electron chi connectivity index (χ2n) is 6.07. The molecule has 1 N–H and O–H groups in total. The average Bonchev–Trinajstić information content (AvgIpc) is 2.73. The molecule has 1 heterocycles. The first-order chi connectivity index (χ1) is 13.7. The number of amides is 1. The maximum atomic E-state index is 12.6. The highest BCUT2D eigenvalue weighted by molar-refractivity contribution is 6.31. The van der Waals surface area contributed by atoms with Gasteiger partial charge < -0.3 is 10.1 Å². The van der Waals surface area contributed by atoms with Crippen LogP contribution in [0.15, 0.2) is 79.1 Å². The van der Waals surface area contributed by atoms with E-state index in [1.165, 1.54) is 0 Å². The molecule has 0 aliphatic carbocycles. The van der Waals surface area contributed by atoms with Crippen molar-refractivity contribution in [3.8, 4) is 11.5 Å². The Morgan fingerprint density at radius 2 is 1.71 bits per heavy atom. The van der Waals surface area contributed by atoms with Crippen molar-refractivity contribution in [3.63, 3.8) is 0 Å². The van der Waals surface area contributed by atoms with Gasteiger partial charge in [0.05, 0.1) is 11.0 Å². The molecule has 0 bridgehead atoms. The molecule has 0 aliphatic rings. The molecule has 1 aromatic heterocycles. The molecule has 1 amide bonds. The highest BCUT2D eigenvalue weighted by atomic mass is 35.5. The van der Waals surface area contributed by atoms with Crippen molar-refractivity contribution < 1.29 is 9.53 Å². The Labute approximate surface area is 167 Å². The minimum Gasteiger partial charge on any atom is -0.457 e. The van der Waals surface area contributed by atoms with E-state index in [1.54, 1.807) is 36.7 Å². The largest absolute Gasteiger partial charge is 0.457 e. The van der Waals surface area contributed by atoms with Gasteiger partial charge in [0.25, 0.3) is 5.91 Å². The third kappa shape index (κ3) is 3.94. The van der Waals surface area contributed by atoms with Gasteiger partial charge in [0.2, 0.25) is 0 Å². The lowest BCUT2D eigenvalue weighted by atomic mass is 10.1. The van der Waals surface area contributed by atoms with Crippen molar-refractivity contribution in [2.75, 3.05) is 0 Å². The summed E-state index contributed by atoms with van der Waals surface area (Å²) >= 11 is 6.35. The van der Waals surface area contributed by atoms with E-state index in [2.05, 4.69) is 15.3 Å². The smallest absolute Gasteiger partial charge is 0.251 e. The van der Waals surface area contributed by atoms with Crippen LogP contribution in [0, 0.1) is 0 Å². The van der Waals surface area contributed by atoms with Crippen LogP contribution in [0.1, 0.15) is 15.9 Å². The molecule has 6 heteroatoms. The van der Waals surface area contributed by atoms with Crippen molar-refractivity contribution in [1.29, 1.82) is 0 Å². The summed E-state index contributed by atoms with van der Waals surface area (Å²) in [6, 6.07) is 20.0. The number of hydrogen-bond acceptors (Lipinski definition) is 4. The molecular formula is C22H16ClN3O2. The highest BCUT2D eigenvalue weighted by Crippen LogP contribution is 2.30. The van der Waals surface area contributed by atoms with Gasteiger partial charge in [-0.3, -0.25) is 14.8 Å². The third-order valence-electron chi connectivity index (χ3n) is 4.20. The average molecular weight is 390 g/mol. The Hall–Kier alpha value is -3.44. The third-order valence-corrected chi connectivity index (χ3v) is 4.56. The minimum absolute atomic E-state index is 0.224. The number of nitrogens with zero attached hydrogens (tertiary/aromatic N) is 2. The molecular weight excluding hydrogens is 374 g/mol. The number of benzene rings is 3. The van der Waals surface area contributed by atoms with Crippen LogP contribution < -0.4 is 10.1 Å². The Bertz CT molecular complexity index is 1130. The molecule has 4 aromatic rings. The molecule has 4 rings (SSSR count). The summed E-state index contributed by atoms with van der Waals surface area (Å²) < 4.78 is 5.93. The van der Waals surface area contributed by atoms with E-state index in [1.807, 2.05) is 42.5 Å². The minimum atomic E-state index is -0.224. The zero-order valence-corrected chi connectivity index (χ0v) is 15.6. The van der Waals surface area contributed by atoms with Crippen molar-refractivity contribution in [1.82, 2.24) is 15.3 Å². The molecule has 0 spiro atoms. The van der Waals surface area contributed by atoms with Gasteiger partial charge in [0.15, 0.2) is 0 Å². The number of para-hydroxylation sites is 1. The van der Waals surface area contributed by atoms with Gasteiger partial charge in [-0.05, 0) is 42.5 Å². The quantitative estimate of drug-likeness (QED) is 0.521. The van der Waals surface area contributed by atoms with Crippen LogP contribution in [-0.4, -0.2) is 15.9 Å². The fourth-order valence-electron chi connectivity index (χ4n) is 2.80. The summed E-state index contributed by atoms with van der Waals surface area (Å²) in [4.78, 5) is 21.0. The maximum Gasteiger partial charge on any atom is 0.251 e. The normalized spacial score (nSPS) is 10.6. The van der Waals surface area contributed by atoms with Gasteiger partial charge in [-0.1, -0.05) is 35.9 Å². The predicted molar refractivity (Wildman–Crippen MR) is 109 cm³/mol. The number of carbonyl (C=O) groups excluding carboxylic acids is 1. The fourth-order valence-corrected chi connectivity index (χ4v) is 3.03. The van der Waals surface area contributed by atoms with E-state index in [0.717, 1.165) is 5.52 Å². The van der Waals surface area contributed by atoms with Gasteiger partial charge >= 0.3 is 0 Å². The van der Waals surface area contributed by atoms with Gasteiger partial charge in [0.1, 0.15) is 11.5 Å². The lowest BCUT2D eigenvalue weighted by Gasteiger charge is -2.13. The van der Waals surface area contributed by atoms with Crippen LogP contribution in [0.2, 0.25) is 5.02 Å². The summed E-state index contributed by atoms with van der Waals surface area (Å²) in [6.45, 7) is 0.235. The number of aromatic nitrogens is 2. The monoisotopic (exact) mass is 389 g/mol. The van der Waals surface area contributed by atoms with E-state index >= 15 is 0 Å². The van der Waals surface area contributed by atoms with E-state index in [-0.39, 0.29) is 12.5 Å². The molecule has 28 heavy (non-hydrogen) atoms. The number of ether oxygens (including phenoxy) is 1. The molecule has 138 valence electrons. The highest BCUT2D eigenvalue weighted by Gasteiger charge is 2.12. The Morgan fingerprint density at radius 3 is 2.54 bits per heavy atom. The second-order valence-corrected chi connectivity index (χ2v) is 6.48. The molecule has 0 saturated heterocycles. The molecule has 0 unspecified atom stereocenters. The standard InChI is InChI=1S/C22H16ClN3O2/c23-18-7-4-8-21(28-16-5-2-1-3-6-16)17(18)14-26-22(27)15-9-10-19-20(13-15)25-12-11-24-19/h1-13H,14H2,(H,26,27). The number of halogens is 1. The zero-order chi connectivity index (χ0) is 19.3. The van der Waals surface area contributed by atoms with Gasteiger partial charge in [0, 0.05) is 35.1 Å². The summed E-state index contributed by atoms with van der Waals surface area (Å²) in [5, 5.41) is 3.42. The lowest BCUT2D eigenvalue weighted by Crippen LogP contribution is -2.23. The molecule has 0 saturated carbocycles. The lowest BCUT2D eigenvalue weighted by molar-refractivity contribution is 0.0951. The predicted octanol–water partition coefficient (Wildman–Crippen LogP) is 5.01. The Balaban J connectivity index is 1.53. The van der Waals surface area contributed by atoms with Gasteiger partial charge in [-0.2, -0.15) is 0 Å². The Morgan fingerprint density at radius 1 is 0.929 bits per heavy atom. The van der Waals surface area contributed by atoms with Crippen LogP contribution in [0.25, 0.3) is 11.0 Å². The molecule has 5 nitrogen and oxygen atoms in total. The molecule has 0 atom stereocenters. The van der Waals surface area contributed by atoms with Crippen molar-refractivity contribution in [3.05, 3.63) is 95.3 Å². The van der Waals surface area contributed by atoms with E-state index in [4.69, 9.17) is 16.3 Å². The van der Waals surface area contributed by atoms with E-state index in [9.17, 15) is 4.79 Å². The van der Waals surface area contributed by atoms with Gasteiger partial charge in [-0.15, -0.1) is 0 Å². The summed E-state index contributed by atoms with van der Waals surface area (Å²) in [5.74, 6) is 1.08. The molecule has 0 fully saturated rings. The van der Waals surface area contributed by atoms with Crippen molar-refractivity contribution in [2.45, 2.75) is 6.54 Å². The van der Waals surface area contributed by atoms with Crippen molar-refractivity contribution in [2.24, 2.45) is 0 Å². The SMILES string of the molecule is O=C(NCc1c(Cl)cccc1Oc1ccccc1)c1ccc2nccnc2c1. The first-order valence-electron chi connectivity index (χ1n) is 8.70. The van der Waals surface area contributed by atoms with Crippen LogP contribution in [0.4, 0.5) is 0 Å². The van der Waals surface area contributed by atoms with E-state index < -0.39 is 0 Å². The van der Waals surface area contributed by atoms with Crippen LogP contribution >= 0.6 is 11.6 Å². The number of nitrogens with one attached hydrogen (secondary N) is 1. The molecule has 3 aromatic carbocycles. The first kappa shape index (κ1) is 17.9. The maximum absolute atomic E-state index is 12.6. The first-order valence-corrected chi connectivity index (χ1v) is 9.08. The molecule has 0 radical (unpaired) electrons. The van der Waals surface area contributed by atoms with Crippen LogP contribution in [0.5, 0.6) is 11.5 Å². The summed E-state index contributed by atoms with van der Waals surface area (Å²) in [7, 11) is 0. The van der Waals surface area contributed by atoms with Crippen molar-refractivity contribution >= 4 is 28.5 Å². The van der Waals surface area contributed by atoms with E-state index in [0.29, 0.717) is 33.2 Å². The molecule has 0 aliphatic heterocycles. The second kappa shape index (κ2) is 8.06. The number of rotatable bonds is 5. The fraction of sp³-hybridized carbons (Fsp3) is 0.0455. The summed E-state index contributed by atoms with van der Waals surface area (Å²) in [6.07, 6.45) is 3.22. The topological polar surface area (TPSA) is 64.1 Å². The number of fused-ring (bicyclic) bond motifs is 1. The summed E-state index contributed by atoms with van der Waals surface area (Å²) in [5.41, 5.74) is 2.62. The number of hydrogen-bond donors (Lipinski definition) is 1. The zero-order valence-electron chi connectivity index (χ0n) is 14.8. The number of carbonyl (C=O) groups is 1. The van der Waals surface area contributed by atoms with Gasteiger partial charge in [-0.25, -0.2) is 0 Å². The van der Waals surface area contributed by atoms with Crippen LogP contribution in [-0.2, 0) is 6.54 Å². The Kier molecular flexibility index (Phi) is 5.17. The van der Waals surface area contributed by atoms with Crippen LogP contribution in [0.3, 0.4) is 0 Å².